The van der Waals surface area contributed by atoms with Crippen molar-refractivity contribution in [1.82, 2.24) is 4.98 Å². The summed E-state index contributed by atoms with van der Waals surface area (Å²) in [7, 11) is 0. The summed E-state index contributed by atoms with van der Waals surface area (Å²) in [6.45, 7) is 0. The first-order valence-corrected chi connectivity index (χ1v) is 5.30. The normalized spacial score (nSPS) is 11.3. The Balaban J connectivity index is 2.38. The summed E-state index contributed by atoms with van der Waals surface area (Å²) in [6, 6.07) is 13.0. The van der Waals surface area contributed by atoms with Gasteiger partial charge in [-0.25, -0.2) is 4.98 Å². The lowest BCUT2D eigenvalue weighted by Gasteiger charge is -2.01. The fraction of sp³-hybridized carbons (Fsp3) is 0. The predicted molar refractivity (Wildman–Crippen MR) is 65.0 cm³/mol. The van der Waals surface area contributed by atoms with Crippen molar-refractivity contribution >= 4 is 5.71 Å². The number of nitrogens with zero attached hydrogens (tertiary/aromatic N) is 3. The van der Waals surface area contributed by atoms with E-state index in [-0.39, 0.29) is 11.3 Å². The van der Waals surface area contributed by atoms with Crippen LogP contribution in [0.4, 0.5) is 0 Å². The molecule has 4 nitrogen and oxygen atoms in total. The first kappa shape index (κ1) is 10.2. The van der Waals surface area contributed by atoms with E-state index >= 15 is 0 Å². The van der Waals surface area contributed by atoms with E-state index in [1.165, 1.54) is 0 Å². The number of benzene rings is 1. The van der Waals surface area contributed by atoms with Gasteiger partial charge in [0.15, 0.2) is 5.69 Å². The summed E-state index contributed by atoms with van der Waals surface area (Å²) in [4.78, 5) is 4.13. The molecule has 0 amide bonds. The highest BCUT2D eigenvalue weighted by atomic mass is 14.8. The van der Waals surface area contributed by atoms with Gasteiger partial charge < -0.3 is 0 Å². The van der Waals surface area contributed by atoms with Crippen molar-refractivity contribution in [3.05, 3.63) is 52.8 Å². The molecule has 82 valence electrons. The number of fused-ring (bicyclic) bond motifs is 3. The Morgan fingerprint density at radius 3 is 2.39 bits per heavy atom. The molecule has 1 aliphatic carbocycles. The maximum Gasteiger partial charge on any atom is 0.159 e. The largest absolute Gasteiger partial charge is 0.298 e. The molecule has 18 heavy (non-hydrogen) atoms. The summed E-state index contributed by atoms with van der Waals surface area (Å²) in [5.41, 5.74) is 3.55. The van der Waals surface area contributed by atoms with Crippen molar-refractivity contribution in [1.29, 1.82) is 15.9 Å². The second-order valence-corrected chi connectivity index (χ2v) is 3.92. The van der Waals surface area contributed by atoms with Gasteiger partial charge in [-0.3, -0.25) is 5.41 Å². The number of rotatable bonds is 0. The van der Waals surface area contributed by atoms with Crippen LogP contribution in [0.25, 0.3) is 11.1 Å². The molecule has 0 fully saturated rings. The number of nitriles is 2. The van der Waals surface area contributed by atoms with Crippen LogP contribution in [0.15, 0.2) is 30.3 Å². The molecule has 0 bridgehead atoms. The Kier molecular flexibility index (Phi) is 1.99. The summed E-state index contributed by atoms with van der Waals surface area (Å²) in [6.07, 6.45) is 0. The highest BCUT2D eigenvalue weighted by molar-refractivity contribution is 6.22. The minimum atomic E-state index is 0.0776. The van der Waals surface area contributed by atoms with Gasteiger partial charge in [-0.15, -0.1) is 0 Å². The topological polar surface area (TPSA) is 84.3 Å². The number of hydrogen-bond donors (Lipinski definition) is 1. The van der Waals surface area contributed by atoms with E-state index in [0.29, 0.717) is 11.4 Å². The Bertz CT molecular complexity index is 775. The second-order valence-electron chi connectivity index (χ2n) is 3.92. The molecular weight excluding hydrogens is 224 g/mol. The lowest BCUT2D eigenvalue weighted by Crippen LogP contribution is -2.01. The molecule has 0 spiro atoms. The smallest absolute Gasteiger partial charge is 0.159 e. The lowest BCUT2D eigenvalue weighted by atomic mass is 10.1. The zero-order valence-corrected chi connectivity index (χ0v) is 9.23. The maximum absolute atomic E-state index is 9.00. The van der Waals surface area contributed by atoms with Crippen LogP contribution in [0.2, 0.25) is 0 Å². The van der Waals surface area contributed by atoms with Crippen LogP contribution in [0.1, 0.15) is 22.5 Å². The third-order valence-corrected chi connectivity index (χ3v) is 2.97. The van der Waals surface area contributed by atoms with Gasteiger partial charge >= 0.3 is 0 Å². The zero-order chi connectivity index (χ0) is 12.7. The van der Waals surface area contributed by atoms with Gasteiger partial charge in [-0.1, -0.05) is 24.3 Å². The van der Waals surface area contributed by atoms with Gasteiger partial charge in [0, 0.05) is 11.1 Å². The van der Waals surface area contributed by atoms with Gasteiger partial charge in [0.1, 0.15) is 12.1 Å². The van der Waals surface area contributed by atoms with Crippen molar-refractivity contribution in [3.63, 3.8) is 0 Å². The number of pyridine rings is 1. The number of nitrogens with one attached hydrogen (secondary N) is 1. The zero-order valence-electron chi connectivity index (χ0n) is 9.23. The second kappa shape index (κ2) is 3.51. The van der Waals surface area contributed by atoms with Gasteiger partial charge in [-0.2, -0.15) is 10.5 Å². The molecule has 1 aromatic heterocycles. The molecule has 1 aromatic carbocycles. The van der Waals surface area contributed by atoms with E-state index < -0.39 is 0 Å². The fourth-order valence-electron chi connectivity index (χ4n) is 2.14. The summed E-state index contributed by atoms with van der Waals surface area (Å²) < 4.78 is 0. The molecule has 2 aromatic rings. The highest BCUT2D eigenvalue weighted by Gasteiger charge is 2.26. The van der Waals surface area contributed by atoms with Crippen LogP contribution < -0.4 is 0 Å². The monoisotopic (exact) mass is 230 g/mol. The Labute approximate surface area is 103 Å². The van der Waals surface area contributed by atoms with Crippen LogP contribution in [-0.4, -0.2) is 10.7 Å². The standard InChI is InChI=1S/C14H6N4/c15-6-8-5-11-9-3-1-2-4-10(9)13(17)14(11)18-12(8)7-16/h1-5,17H. The van der Waals surface area contributed by atoms with Crippen molar-refractivity contribution in [2.45, 2.75) is 0 Å². The lowest BCUT2D eigenvalue weighted by molar-refractivity contribution is 1.22. The van der Waals surface area contributed by atoms with Crippen LogP contribution in [-0.2, 0) is 0 Å². The molecule has 1 heterocycles. The summed E-state index contributed by atoms with van der Waals surface area (Å²) in [5.74, 6) is 0. The molecule has 0 aliphatic heterocycles. The Morgan fingerprint density at radius 1 is 1.00 bits per heavy atom. The summed E-state index contributed by atoms with van der Waals surface area (Å²) >= 11 is 0. The molecule has 0 radical (unpaired) electrons. The van der Waals surface area contributed by atoms with E-state index in [2.05, 4.69) is 4.98 Å². The van der Waals surface area contributed by atoms with E-state index in [1.807, 2.05) is 36.4 Å². The summed E-state index contributed by atoms with van der Waals surface area (Å²) in [5, 5.41) is 26.0. The van der Waals surface area contributed by atoms with Gasteiger partial charge in [0.2, 0.25) is 0 Å². The fourth-order valence-corrected chi connectivity index (χ4v) is 2.14. The minimum absolute atomic E-state index is 0.0776. The molecule has 0 atom stereocenters. The van der Waals surface area contributed by atoms with Gasteiger partial charge in [-0.05, 0) is 11.6 Å². The van der Waals surface area contributed by atoms with Gasteiger partial charge in [0.25, 0.3) is 0 Å². The molecular formula is C14H6N4. The van der Waals surface area contributed by atoms with Crippen molar-refractivity contribution in [2.24, 2.45) is 0 Å². The van der Waals surface area contributed by atoms with E-state index in [9.17, 15) is 0 Å². The minimum Gasteiger partial charge on any atom is -0.298 e. The molecule has 1 aliphatic rings. The molecule has 3 rings (SSSR count). The van der Waals surface area contributed by atoms with Crippen LogP contribution in [0.3, 0.4) is 0 Å². The van der Waals surface area contributed by atoms with Crippen LogP contribution in [0.5, 0.6) is 0 Å². The number of aromatic nitrogens is 1. The molecule has 0 unspecified atom stereocenters. The number of hydrogen-bond acceptors (Lipinski definition) is 4. The van der Waals surface area contributed by atoms with Gasteiger partial charge in [0.05, 0.1) is 17.0 Å². The molecule has 0 saturated carbocycles. The SMILES string of the molecule is N#Cc1cc2c(nc1C#N)C(=N)c1ccccc1-2. The maximum atomic E-state index is 9.00. The third-order valence-electron chi connectivity index (χ3n) is 2.97. The quantitative estimate of drug-likeness (QED) is 0.642. The first-order valence-electron chi connectivity index (χ1n) is 5.30. The molecule has 1 N–H and O–H groups in total. The van der Waals surface area contributed by atoms with E-state index in [0.717, 1.165) is 16.7 Å². The Morgan fingerprint density at radius 2 is 1.72 bits per heavy atom. The van der Waals surface area contributed by atoms with E-state index in [4.69, 9.17) is 15.9 Å². The molecule has 0 saturated heterocycles. The Hall–Kier alpha value is -2.98. The molecule has 4 heteroatoms. The van der Waals surface area contributed by atoms with Crippen LogP contribution in [0, 0.1) is 28.1 Å². The first-order chi connectivity index (χ1) is 8.76. The van der Waals surface area contributed by atoms with Crippen molar-refractivity contribution < 1.29 is 0 Å². The third kappa shape index (κ3) is 1.17. The average Bonchev–Trinajstić information content (AvgIpc) is 2.71. The van der Waals surface area contributed by atoms with Crippen molar-refractivity contribution in [3.8, 4) is 23.3 Å². The predicted octanol–water partition coefficient (Wildman–Crippen LogP) is 2.22. The highest BCUT2D eigenvalue weighted by Crippen LogP contribution is 2.36. The van der Waals surface area contributed by atoms with Crippen molar-refractivity contribution in [2.75, 3.05) is 0 Å². The van der Waals surface area contributed by atoms with E-state index in [1.54, 1.807) is 6.07 Å². The van der Waals surface area contributed by atoms with Crippen LogP contribution >= 0.6 is 0 Å². The average molecular weight is 230 g/mol.